The highest BCUT2D eigenvalue weighted by atomic mass is 15.2. The Bertz CT molecular complexity index is 472. The molecular formula is C17H25N3. The van der Waals surface area contributed by atoms with Crippen molar-refractivity contribution in [2.24, 2.45) is 4.99 Å². The van der Waals surface area contributed by atoms with E-state index < -0.39 is 0 Å². The number of nitrogens with zero attached hydrogens (tertiary/aromatic N) is 1. The molecule has 3 nitrogen and oxygen atoms in total. The second kappa shape index (κ2) is 7.59. The second-order valence-corrected chi connectivity index (χ2v) is 5.70. The van der Waals surface area contributed by atoms with Gasteiger partial charge in [-0.3, -0.25) is 0 Å². The number of terminal acetylenes is 1. The van der Waals surface area contributed by atoms with Crippen LogP contribution in [0.15, 0.2) is 29.3 Å². The van der Waals surface area contributed by atoms with E-state index in [2.05, 4.69) is 66.6 Å². The summed E-state index contributed by atoms with van der Waals surface area (Å²) < 4.78 is 0. The van der Waals surface area contributed by atoms with E-state index in [0.717, 1.165) is 12.5 Å². The number of nitrogens with one attached hydrogen (secondary N) is 2. The average molecular weight is 271 g/mol. The van der Waals surface area contributed by atoms with Crippen LogP contribution in [0.1, 0.15) is 38.8 Å². The maximum atomic E-state index is 5.24. The first-order valence-electron chi connectivity index (χ1n) is 7.02. The molecule has 0 atom stereocenters. The van der Waals surface area contributed by atoms with Crippen LogP contribution < -0.4 is 10.6 Å². The van der Waals surface area contributed by atoms with Gasteiger partial charge in [0.05, 0.1) is 13.1 Å². The maximum absolute atomic E-state index is 5.24. The van der Waals surface area contributed by atoms with Crippen LogP contribution in [0.4, 0.5) is 0 Å². The summed E-state index contributed by atoms with van der Waals surface area (Å²) in [4.78, 5) is 4.51. The standard InChI is InChI=1S/C17H25N3/c1-6-12-19-16(18-7-2)20-13-14-8-10-15(11-9-14)17(3,4)5/h1,8-11H,7,12-13H2,2-5H3,(H2,18,19,20). The quantitative estimate of drug-likeness (QED) is 0.502. The van der Waals surface area contributed by atoms with Crippen molar-refractivity contribution in [2.75, 3.05) is 13.1 Å². The van der Waals surface area contributed by atoms with E-state index in [1.807, 2.05) is 6.92 Å². The molecule has 0 aromatic heterocycles. The summed E-state index contributed by atoms with van der Waals surface area (Å²) in [5.74, 6) is 3.30. The van der Waals surface area contributed by atoms with Gasteiger partial charge in [-0.1, -0.05) is 51.0 Å². The zero-order valence-corrected chi connectivity index (χ0v) is 13.0. The van der Waals surface area contributed by atoms with Crippen molar-refractivity contribution < 1.29 is 0 Å². The Balaban J connectivity index is 2.69. The first-order valence-corrected chi connectivity index (χ1v) is 7.02. The number of aliphatic imine (C=N–C) groups is 1. The molecule has 20 heavy (non-hydrogen) atoms. The molecule has 1 rings (SSSR count). The van der Waals surface area contributed by atoms with Gasteiger partial charge in [0.25, 0.3) is 0 Å². The Morgan fingerprint density at radius 1 is 1.20 bits per heavy atom. The van der Waals surface area contributed by atoms with Crippen LogP contribution in [-0.4, -0.2) is 19.0 Å². The minimum absolute atomic E-state index is 0.186. The fraction of sp³-hybridized carbons (Fsp3) is 0.471. The summed E-state index contributed by atoms with van der Waals surface area (Å²) >= 11 is 0. The topological polar surface area (TPSA) is 36.4 Å². The first-order chi connectivity index (χ1) is 9.47. The van der Waals surface area contributed by atoms with Gasteiger partial charge in [0.15, 0.2) is 5.96 Å². The zero-order chi connectivity index (χ0) is 15.0. The number of guanidine groups is 1. The van der Waals surface area contributed by atoms with Gasteiger partial charge in [-0.15, -0.1) is 6.42 Å². The number of hydrogen-bond acceptors (Lipinski definition) is 1. The van der Waals surface area contributed by atoms with Crippen LogP contribution in [0.3, 0.4) is 0 Å². The van der Waals surface area contributed by atoms with Gasteiger partial charge in [0.1, 0.15) is 0 Å². The molecule has 0 saturated heterocycles. The second-order valence-electron chi connectivity index (χ2n) is 5.70. The molecule has 0 spiro atoms. The fourth-order valence-corrected chi connectivity index (χ4v) is 1.76. The molecule has 0 aliphatic heterocycles. The molecule has 2 N–H and O–H groups in total. The van der Waals surface area contributed by atoms with Crippen molar-refractivity contribution >= 4 is 5.96 Å². The van der Waals surface area contributed by atoms with Crippen molar-refractivity contribution in [2.45, 2.75) is 39.7 Å². The van der Waals surface area contributed by atoms with E-state index in [1.165, 1.54) is 11.1 Å². The van der Waals surface area contributed by atoms with E-state index in [9.17, 15) is 0 Å². The molecule has 0 aliphatic carbocycles. The molecule has 0 fully saturated rings. The van der Waals surface area contributed by atoms with Crippen molar-refractivity contribution in [1.82, 2.24) is 10.6 Å². The van der Waals surface area contributed by atoms with Crippen LogP contribution in [-0.2, 0) is 12.0 Å². The van der Waals surface area contributed by atoms with Crippen LogP contribution in [0.25, 0.3) is 0 Å². The van der Waals surface area contributed by atoms with E-state index in [4.69, 9.17) is 6.42 Å². The monoisotopic (exact) mass is 271 g/mol. The van der Waals surface area contributed by atoms with E-state index in [1.54, 1.807) is 0 Å². The van der Waals surface area contributed by atoms with Gasteiger partial charge in [-0.2, -0.15) is 0 Å². The Kier molecular flexibility index (Phi) is 6.11. The summed E-state index contributed by atoms with van der Waals surface area (Å²) in [5.41, 5.74) is 2.71. The predicted octanol–water partition coefficient (Wildman–Crippen LogP) is 2.67. The lowest BCUT2D eigenvalue weighted by Gasteiger charge is -2.19. The fourth-order valence-electron chi connectivity index (χ4n) is 1.76. The van der Waals surface area contributed by atoms with Gasteiger partial charge in [-0.25, -0.2) is 4.99 Å². The summed E-state index contributed by atoms with van der Waals surface area (Å²) in [6, 6.07) is 8.61. The Labute approximate surface area is 122 Å². The lowest BCUT2D eigenvalue weighted by Crippen LogP contribution is -2.37. The third-order valence-corrected chi connectivity index (χ3v) is 2.94. The molecule has 3 heteroatoms. The van der Waals surface area contributed by atoms with Gasteiger partial charge in [0.2, 0.25) is 0 Å². The lowest BCUT2D eigenvalue weighted by atomic mass is 9.87. The Morgan fingerprint density at radius 2 is 1.85 bits per heavy atom. The number of hydrogen-bond donors (Lipinski definition) is 2. The van der Waals surface area contributed by atoms with Gasteiger partial charge in [-0.05, 0) is 23.5 Å². The SMILES string of the molecule is C#CCNC(=NCc1ccc(C(C)(C)C)cc1)NCC. The normalized spacial score (nSPS) is 11.8. The highest BCUT2D eigenvalue weighted by Gasteiger charge is 2.12. The van der Waals surface area contributed by atoms with Crippen LogP contribution >= 0.6 is 0 Å². The van der Waals surface area contributed by atoms with Gasteiger partial charge < -0.3 is 10.6 Å². The predicted molar refractivity (Wildman–Crippen MR) is 86.8 cm³/mol. The third kappa shape index (κ3) is 5.36. The minimum Gasteiger partial charge on any atom is -0.357 e. The third-order valence-electron chi connectivity index (χ3n) is 2.94. The number of rotatable bonds is 4. The summed E-state index contributed by atoms with van der Waals surface area (Å²) in [6.07, 6.45) is 5.24. The van der Waals surface area contributed by atoms with Gasteiger partial charge >= 0.3 is 0 Å². The Hall–Kier alpha value is -1.95. The smallest absolute Gasteiger partial charge is 0.192 e. The lowest BCUT2D eigenvalue weighted by molar-refractivity contribution is 0.590. The van der Waals surface area contributed by atoms with Gasteiger partial charge in [0, 0.05) is 6.54 Å². The largest absolute Gasteiger partial charge is 0.357 e. The van der Waals surface area contributed by atoms with Crippen LogP contribution in [0.2, 0.25) is 0 Å². The van der Waals surface area contributed by atoms with Crippen molar-refractivity contribution in [3.8, 4) is 12.3 Å². The summed E-state index contributed by atoms with van der Waals surface area (Å²) in [5, 5.41) is 6.25. The molecule has 0 saturated carbocycles. The number of benzene rings is 1. The molecule has 0 heterocycles. The molecule has 0 aliphatic rings. The van der Waals surface area contributed by atoms with E-state index in [-0.39, 0.29) is 5.41 Å². The van der Waals surface area contributed by atoms with Crippen molar-refractivity contribution in [3.63, 3.8) is 0 Å². The molecule has 0 amide bonds. The van der Waals surface area contributed by atoms with E-state index in [0.29, 0.717) is 13.1 Å². The summed E-state index contributed by atoms with van der Waals surface area (Å²) in [6.45, 7) is 10.6. The first kappa shape index (κ1) is 16.1. The molecule has 1 aromatic rings. The van der Waals surface area contributed by atoms with Crippen LogP contribution in [0, 0.1) is 12.3 Å². The molecule has 1 aromatic carbocycles. The highest BCUT2D eigenvalue weighted by Crippen LogP contribution is 2.22. The molecule has 0 bridgehead atoms. The zero-order valence-electron chi connectivity index (χ0n) is 13.0. The van der Waals surface area contributed by atoms with Crippen LogP contribution in [0.5, 0.6) is 0 Å². The molecule has 0 unspecified atom stereocenters. The van der Waals surface area contributed by atoms with Crippen molar-refractivity contribution in [3.05, 3.63) is 35.4 Å². The highest BCUT2D eigenvalue weighted by molar-refractivity contribution is 5.79. The van der Waals surface area contributed by atoms with Crippen molar-refractivity contribution in [1.29, 1.82) is 0 Å². The minimum atomic E-state index is 0.186. The molecule has 108 valence electrons. The Morgan fingerprint density at radius 3 is 2.35 bits per heavy atom. The van der Waals surface area contributed by atoms with E-state index >= 15 is 0 Å². The maximum Gasteiger partial charge on any atom is 0.192 e. The average Bonchev–Trinajstić information content (AvgIpc) is 2.41. The summed E-state index contributed by atoms with van der Waals surface area (Å²) in [7, 11) is 0. The molecule has 0 radical (unpaired) electrons. The molecular weight excluding hydrogens is 246 g/mol.